The van der Waals surface area contributed by atoms with Crippen LogP contribution in [0.5, 0.6) is 0 Å². The van der Waals surface area contributed by atoms with E-state index in [1.54, 1.807) is 23.5 Å². The minimum absolute atomic E-state index is 0.119. The second kappa shape index (κ2) is 7.22. The number of thiazole rings is 1. The summed E-state index contributed by atoms with van der Waals surface area (Å²) in [5.41, 5.74) is 2.22. The van der Waals surface area contributed by atoms with E-state index in [9.17, 15) is 9.59 Å². The van der Waals surface area contributed by atoms with E-state index in [1.807, 2.05) is 24.4 Å². The van der Waals surface area contributed by atoms with E-state index < -0.39 is 0 Å². The van der Waals surface area contributed by atoms with E-state index in [-0.39, 0.29) is 11.6 Å². The number of aryl methyl sites for hydroxylation is 2. The van der Waals surface area contributed by atoms with Crippen molar-refractivity contribution in [1.82, 2.24) is 25.5 Å². The summed E-state index contributed by atoms with van der Waals surface area (Å²) in [7, 11) is 0. The Hall–Kier alpha value is -2.74. The molecule has 0 aliphatic rings. The van der Waals surface area contributed by atoms with Crippen molar-refractivity contribution >= 4 is 17.2 Å². The van der Waals surface area contributed by atoms with Gasteiger partial charge in [-0.1, -0.05) is 12.1 Å². The molecule has 124 valence electrons. The van der Waals surface area contributed by atoms with Crippen LogP contribution in [0.1, 0.15) is 27.6 Å². The van der Waals surface area contributed by atoms with Crippen molar-refractivity contribution in [1.29, 1.82) is 0 Å². The molecule has 0 spiro atoms. The average Bonchev–Trinajstić information content (AvgIpc) is 3.20. The van der Waals surface area contributed by atoms with Crippen molar-refractivity contribution in [3.8, 4) is 11.3 Å². The van der Waals surface area contributed by atoms with Gasteiger partial charge in [-0.05, 0) is 25.5 Å². The molecule has 0 bridgehead atoms. The number of H-pyrrole nitrogens is 2. The Morgan fingerprint density at radius 3 is 2.71 bits per heavy atom. The Morgan fingerprint density at radius 1 is 1.29 bits per heavy atom. The highest BCUT2D eigenvalue weighted by Crippen LogP contribution is 2.21. The molecule has 3 aromatic rings. The third-order valence-corrected chi connectivity index (χ3v) is 4.26. The number of carbonyl (C=O) groups is 1. The lowest BCUT2D eigenvalue weighted by atomic mass is 10.1. The highest BCUT2D eigenvalue weighted by molar-refractivity contribution is 7.09. The van der Waals surface area contributed by atoms with Crippen LogP contribution < -0.4 is 11.0 Å². The lowest BCUT2D eigenvalue weighted by molar-refractivity contribution is 0.0953. The molecule has 0 aliphatic heterocycles. The number of nitrogens with zero attached hydrogens (tertiary/aromatic N) is 2. The molecule has 0 saturated carbocycles. The number of aromatic nitrogens is 4. The molecule has 2 heterocycles. The van der Waals surface area contributed by atoms with Gasteiger partial charge in [0.15, 0.2) is 0 Å². The first kappa shape index (κ1) is 16.1. The molecule has 1 aromatic carbocycles. The summed E-state index contributed by atoms with van der Waals surface area (Å²) in [6, 6.07) is 7.39. The van der Waals surface area contributed by atoms with E-state index in [1.165, 1.54) is 0 Å². The second-order valence-corrected chi connectivity index (χ2v) is 6.38. The van der Waals surface area contributed by atoms with Gasteiger partial charge in [0.05, 0.1) is 10.7 Å². The Labute approximate surface area is 142 Å². The fourth-order valence-electron chi connectivity index (χ4n) is 2.27. The van der Waals surface area contributed by atoms with Crippen molar-refractivity contribution in [2.24, 2.45) is 0 Å². The van der Waals surface area contributed by atoms with Crippen LogP contribution in [0.4, 0.5) is 0 Å². The third kappa shape index (κ3) is 3.96. The molecule has 24 heavy (non-hydrogen) atoms. The number of rotatable bonds is 6. The van der Waals surface area contributed by atoms with Gasteiger partial charge in [-0.3, -0.25) is 9.78 Å². The first-order valence-corrected chi connectivity index (χ1v) is 8.44. The lowest BCUT2D eigenvalue weighted by Crippen LogP contribution is -2.24. The summed E-state index contributed by atoms with van der Waals surface area (Å²) in [6.45, 7) is 2.48. The smallest absolute Gasteiger partial charge is 0.340 e. The zero-order valence-corrected chi connectivity index (χ0v) is 13.9. The van der Waals surface area contributed by atoms with Gasteiger partial charge < -0.3 is 5.32 Å². The van der Waals surface area contributed by atoms with E-state index in [0.29, 0.717) is 30.8 Å². The van der Waals surface area contributed by atoms with Crippen molar-refractivity contribution in [2.45, 2.75) is 19.8 Å². The Kier molecular flexibility index (Phi) is 4.85. The molecule has 0 saturated heterocycles. The largest absolute Gasteiger partial charge is 0.352 e. The summed E-state index contributed by atoms with van der Waals surface area (Å²) < 4.78 is 0. The zero-order valence-electron chi connectivity index (χ0n) is 13.1. The van der Waals surface area contributed by atoms with Gasteiger partial charge in [0.25, 0.3) is 5.91 Å². The van der Waals surface area contributed by atoms with Gasteiger partial charge in [-0.15, -0.1) is 11.3 Å². The summed E-state index contributed by atoms with van der Waals surface area (Å²) in [5.74, 6) is 0.476. The highest BCUT2D eigenvalue weighted by Gasteiger charge is 2.07. The van der Waals surface area contributed by atoms with Crippen LogP contribution in [0.15, 0.2) is 34.4 Å². The van der Waals surface area contributed by atoms with Crippen molar-refractivity contribution in [3.63, 3.8) is 0 Å². The number of carbonyl (C=O) groups excluding carboxylic acids is 1. The van der Waals surface area contributed by atoms with Crippen molar-refractivity contribution in [2.75, 3.05) is 6.54 Å². The number of nitrogens with one attached hydrogen (secondary N) is 3. The molecule has 7 nitrogen and oxygen atoms in total. The third-order valence-electron chi connectivity index (χ3n) is 3.49. The first-order chi connectivity index (χ1) is 11.6. The number of amides is 1. The fraction of sp³-hybridized carbons (Fsp3) is 0.250. The van der Waals surface area contributed by atoms with E-state index in [0.717, 1.165) is 16.3 Å². The van der Waals surface area contributed by atoms with Gasteiger partial charge >= 0.3 is 5.69 Å². The monoisotopic (exact) mass is 343 g/mol. The molecule has 3 N–H and O–H groups in total. The van der Waals surface area contributed by atoms with Crippen molar-refractivity contribution < 1.29 is 4.79 Å². The lowest BCUT2D eigenvalue weighted by Gasteiger charge is -2.05. The molecule has 2 aromatic heterocycles. The van der Waals surface area contributed by atoms with Crippen LogP contribution in [-0.4, -0.2) is 32.6 Å². The summed E-state index contributed by atoms with van der Waals surface area (Å²) >= 11 is 1.60. The SMILES string of the molecule is Cc1nc(-c2ccc(C(=O)NCCCc3n[nH]c(=O)[nH]3)cc2)cs1. The van der Waals surface area contributed by atoms with Crippen LogP contribution in [0.2, 0.25) is 0 Å². The van der Waals surface area contributed by atoms with Crippen LogP contribution in [0.3, 0.4) is 0 Å². The minimum atomic E-state index is -0.315. The maximum Gasteiger partial charge on any atom is 0.340 e. The highest BCUT2D eigenvalue weighted by atomic mass is 32.1. The predicted molar refractivity (Wildman–Crippen MR) is 92.1 cm³/mol. The second-order valence-electron chi connectivity index (χ2n) is 5.31. The van der Waals surface area contributed by atoms with Crippen LogP contribution >= 0.6 is 11.3 Å². The molecule has 0 aliphatic carbocycles. The number of hydrogen-bond acceptors (Lipinski definition) is 5. The predicted octanol–water partition coefficient (Wildman–Crippen LogP) is 1.89. The van der Waals surface area contributed by atoms with Gasteiger partial charge in [0, 0.05) is 29.5 Å². The van der Waals surface area contributed by atoms with Crippen LogP contribution in [-0.2, 0) is 6.42 Å². The van der Waals surface area contributed by atoms with Gasteiger partial charge in [-0.2, -0.15) is 5.10 Å². The Balaban J connectivity index is 1.50. The molecule has 0 unspecified atom stereocenters. The average molecular weight is 343 g/mol. The summed E-state index contributed by atoms with van der Waals surface area (Å²) in [6.07, 6.45) is 1.30. The van der Waals surface area contributed by atoms with E-state index in [2.05, 4.69) is 25.5 Å². The van der Waals surface area contributed by atoms with E-state index in [4.69, 9.17) is 0 Å². The molecular weight excluding hydrogens is 326 g/mol. The molecule has 0 fully saturated rings. The standard InChI is InChI=1S/C16H17N5O2S/c1-10-18-13(9-24-10)11-4-6-12(7-5-11)15(22)17-8-2-3-14-19-16(23)21-20-14/h4-7,9H,2-3,8H2,1H3,(H,17,22)(H2,19,20,21,23). The Morgan fingerprint density at radius 2 is 2.08 bits per heavy atom. The van der Waals surface area contributed by atoms with Gasteiger partial charge in [-0.25, -0.2) is 14.9 Å². The summed E-state index contributed by atoms with van der Waals surface area (Å²) in [4.78, 5) is 30.0. The number of aromatic amines is 2. The van der Waals surface area contributed by atoms with E-state index >= 15 is 0 Å². The quantitative estimate of drug-likeness (QED) is 0.595. The molecule has 1 amide bonds. The molecule has 8 heteroatoms. The maximum atomic E-state index is 12.1. The maximum absolute atomic E-state index is 12.1. The zero-order chi connectivity index (χ0) is 16.9. The minimum Gasteiger partial charge on any atom is -0.352 e. The summed E-state index contributed by atoms with van der Waals surface area (Å²) in [5, 5.41) is 12.0. The Bertz CT molecular complexity index is 878. The molecule has 0 radical (unpaired) electrons. The number of hydrogen-bond donors (Lipinski definition) is 3. The molecule has 0 atom stereocenters. The molecular formula is C16H17N5O2S. The fourth-order valence-corrected chi connectivity index (χ4v) is 2.89. The normalized spacial score (nSPS) is 10.7. The van der Waals surface area contributed by atoms with Gasteiger partial charge in [0.2, 0.25) is 0 Å². The van der Waals surface area contributed by atoms with Crippen LogP contribution in [0.25, 0.3) is 11.3 Å². The van der Waals surface area contributed by atoms with Gasteiger partial charge in [0.1, 0.15) is 5.82 Å². The van der Waals surface area contributed by atoms with Crippen LogP contribution in [0, 0.1) is 6.92 Å². The number of benzene rings is 1. The molecule has 3 rings (SSSR count). The van der Waals surface area contributed by atoms with Crippen molar-refractivity contribution in [3.05, 3.63) is 56.5 Å². The topological polar surface area (TPSA) is 104 Å². The first-order valence-electron chi connectivity index (χ1n) is 7.56.